The van der Waals surface area contributed by atoms with Gasteiger partial charge in [-0.2, -0.15) is 11.8 Å². The second-order valence-corrected chi connectivity index (χ2v) is 11.3. The third-order valence-corrected chi connectivity index (χ3v) is 6.63. The van der Waals surface area contributed by atoms with Crippen LogP contribution in [0, 0.1) is 20.8 Å². The van der Waals surface area contributed by atoms with Crippen LogP contribution in [0.5, 0.6) is 0 Å². The van der Waals surface area contributed by atoms with E-state index >= 15 is 0 Å². The van der Waals surface area contributed by atoms with Crippen molar-refractivity contribution in [3.8, 4) is 0 Å². The predicted molar refractivity (Wildman–Crippen MR) is 157 cm³/mol. The van der Waals surface area contributed by atoms with Crippen LogP contribution < -0.4 is 10.6 Å². The van der Waals surface area contributed by atoms with Crippen LogP contribution in [0.1, 0.15) is 55.5 Å². The molecule has 0 aromatic heterocycles. The van der Waals surface area contributed by atoms with Gasteiger partial charge in [-0.1, -0.05) is 42.5 Å². The number of carbonyl (C=O) groups is 3. The van der Waals surface area contributed by atoms with Crippen LogP contribution >= 0.6 is 11.8 Å². The van der Waals surface area contributed by atoms with Gasteiger partial charge in [0.1, 0.15) is 17.7 Å². The van der Waals surface area contributed by atoms with Gasteiger partial charge in [-0.25, -0.2) is 4.79 Å². The van der Waals surface area contributed by atoms with E-state index in [4.69, 9.17) is 4.74 Å². The molecule has 2 aromatic rings. The number of nitrogens with one attached hydrogen (secondary N) is 2. The molecule has 2 aromatic carbocycles. The fourth-order valence-electron chi connectivity index (χ4n) is 4.21. The highest BCUT2D eigenvalue weighted by molar-refractivity contribution is 7.98. The number of carbonyl (C=O) groups excluding carboxylic acids is 3. The summed E-state index contributed by atoms with van der Waals surface area (Å²) in [6.07, 6.45) is 3.24. The molecule has 0 aliphatic carbocycles. The lowest BCUT2D eigenvalue weighted by atomic mass is 9.93. The van der Waals surface area contributed by atoms with Gasteiger partial charge in [0.2, 0.25) is 5.91 Å². The summed E-state index contributed by atoms with van der Waals surface area (Å²) in [5.41, 5.74) is 3.38. The van der Waals surface area contributed by atoms with Gasteiger partial charge < -0.3 is 20.3 Å². The third kappa shape index (κ3) is 8.65. The number of nitrogens with zero attached hydrogens (tertiary/aromatic N) is 1. The van der Waals surface area contributed by atoms with E-state index < -0.39 is 23.8 Å². The predicted octanol–water partition coefficient (Wildman–Crippen LogP) is 5.95. The van der Waals surface area contributed by atoms with Crippen LogP contribution in [-0.2, 0) is 14.3 Å². The molecule has 0 aliphatic heterocycles. The van der Waals surface area contributed by atoms with Crippen LogP contribution in [0.15, 0.2) is 55.1 Å². The summed E-state index contributed by atoms with van der Waals surface area (Å²) in [5.74, 6) is -0.0809. The van der Waals surface area contributed by atoms with Crippen molar-refractivity contribution in [2.45, 2.75) is 65.6 Å². The van der Waals surface area contributed by atoms with Crippen molar-refractivity contribution in [2.24, 2.45) is 0 Å². The Kier molecular flexibility index (Phi) is 11.4. The molecule has 0 spiro atoms. The Hall–Kier alpha value is -3.26. The maximum Gasteiger partial charge on any atom is 0.408 e. The maximum atomic E-state index is 14.1. The normalized spacial score (nSPS) is 12.7. The van der Waals surface area contributed by atoms with Crippen molar-refractivity contribution in [3.63, 3.8) is 0 Å². The number of thioether (sulfide) groups is 1. The summed E-state index contributed by atoms with van der Waals surface area (Å²) in [6, 6.07) is 11.5. The second-order valence-electron chi connectivity index (χ2n) is 10.3. The molecule has 0 radical (unpaired) electrons. The fourth-order valence-corrected chi connectivity index (χ4v) is 4.68. The van der Waals surface area contributed by atoms with Gasteiger partial charge in [0.05, 0.1) is 0 Å². The molecule has 0 aliphatic rings. The third-order valence-electron chi connectivity index (χ3n) is 5.99. The summed E-state index contributed by atoms with van der Waals surface area (Å²) in [5, 5.41) is 5.78. The lowest BCUT2D eigenvalue weighted by molar-refractivity contribution is -0.140. The van der Waals surface area contributed by atoms with Gasteiger partial charge in [0, 0.05) is 12.2 Å². The summed E-state index contributed by atoms with van der Waals surface area (Å²) >= 11 is 1.57. The molecule has 0 fully saturated rings. The Bertz CT molecular complexity index is 1120. The number of amides is 3. The first-order valence-corrected chi connectivity index (χ1v) is 14.1. The molecule has 206 valence electrons. The van der Waals surface area contributed by atoms with Crippen LogP contribution in [-0.4, -0.2) is 53.0 Å². The summed E-state index contributed by atoms with van der Waals surface area (Å²) in [4.78, 5) is 42.3. The maximum absolute atomic E-state index is 14.1. The molecule has 2 unspecified atom stereocenters. The van der Waals surface area contributed by atoms with Crippen molar-refractivity contribution < 1.29 is 19.1 Å². The first-order chi connectivity index (χ1) is 17.9. The van der Waals surface area contributed by atoms with Crippen molar-refractivity contribution in [1.29, 1.82) is 0 Å². The molecular formula is C30H41N3O4S. The standard InChI is InChI=1S/C30H41N3O4S/c1-9-18-33(28(35)24(17-19-38-8)32-29(36)37-30(5,6)7)26(25-21(3)14-12-15-22(25)4)27(34)31-23-16-11-10-13-20(23)2/h9-16,24,26H,1,17-19H2,2-8H3,(H,31,34)(H,32,36). The summed E-state index contributed by atoms with van der Waals surface area (Å²) < 4.78 is 5.43. The molecule has 0 bridgehead atoms. The number of rotatable bonds is 11. The Morgan fingerprint density at radius 2 is 1.63 bits per heavy atom. The Morgan fingerprint density at radius 1 is 1.03 bits per heavy atom. The first kappa shape index (κ1) is 31.0. The van der Waals surface area contributed by atoms with E-state index in [0.717, 1.165) is 22.3 Å². The average Bonchev–Trinajstić information content (AvgIpc) is 2.83. The minimum Gasteiger partial charge on any atom is -0.444 e. The van der Waals surface area contributed by atoms with E-state index in [-0.39, 0.29) is 18.4 Å². The van der Waals surface area contributed by atoms with Crippen molar-refractivity contribution in [2.75, 3.05) is 23.9 Å². The number of aryl methyl sites for hydroxylation is 3. The largest absolute Gasteiger partial charge is 0.444 e. The highest BCUT2D eigenvalue weighted by Crippen LogP contribution is 2.30. The van der Waals surface area contributed by atoms with Gasteiger partial charge in [-0.05, 0) is 88.3 Å². The zero-order valence-corrected chi connectivity index (χ0v) is 24.4. The quantitative estimate of drug-likeness (QED) is 0.345. The minimum atomic E-state index is -0.946. The zero-order chi connectivity index (χ0) is 28.5. The molecule has 7 nitrogen and oxygen atoms in total. The van der Waals surface area contributed by atoms with E-state index in [9.17, 15) is 14.4 Å². The highest BCUT2D eigenvalue weighted by Gasteiger charge is 2.37. The van der Waals surface area contributed by atoms with E-state index in [2.05, 4.69) is 17.2 Å². The van der Waals surface area contributed by atoms with Gasteiger partial charge in [0.25, 0.3) is 5.91 Å². The highest BCUT2D eigenvalue weighted by atomic mass is 32.2. The van der Waals surface area contributed by atoms with E-state index in [0.29, 0.717) is 17.9 Å². The number of alkyl carbamates (subject to hydrolysis) is 1. The minimum absolute atomic E-state index is 0.115. The molecule has 2 rings (SSSR count). The lowest BCUT2D eigenvalue weighted by Crippen LogP contribution is -2.52. The van der Waals surface area contributed by atoms with E-state index in [1.165, 1.54) is 4.90 Å². The average molecular weight is 540 g/mol. The van der Waals surface area contributed by atoms with Gasteiger partial charge in [-0.15, -0.1) is 6.58 Å². The van der Waals surface area contributed by atoms with Crippen molar-refractivity contribution >= 4 is 35.4 Å². The Morgan fingerprint density at radius 3 is 2.18 bits per heavy atom. The second kappa shape index (κ2) is 14.0. The molecule has 8 heteroatoms. The number of hydrogen-bond acceptors (Lipinski definition) is 5. The van der Waals surface area contributed by atoms with Crippen LogP contribution in [0.25, 0.3) is 0 Å². The Labute approximate surface area is 231 Å². The molecule has 0 heterocycles. The molecule has 0 saturated carbocycles. The number of hydrogen-bond donors (Lipinski definition) is 2. The van der Waals surface area contributed by atoms with Gasteiger partial charge >= 0.3 is 6.09 Å². The van der Waals surface area contributed by atoms with Gasteiger partial charge in [0.15, 0.2) is 0 Å². The van der Waals surface area contributed by atoms with Crippen LogP contribution in [0.4, 0.5) is 10.5 Å². The van der Waals surface area contributed by atoms with Crippen LogP contribution in [0.2, 0.25) is 0 Å². The van der Waals surface area contributed by atoms with Crippen molar-refractivity contribution in [1.82, 2.24) is 10.2 Å². The number of benzene rings is 2. The smallest absolute Gasteiger partial charge is 0.408 e. The molecule has 2 N–H and O–H groups in total. The summed E-state index contributed by atoms with van der Waals surface area (Å²) in [6.45, 7) is 15.0. The van der Waals surface area contributed by atoms with Crippen molar-refractivity contribution in [3.05, 3.63) is 77.4 Å². The molecule has 0 saturated heterocycles. The van der Waals surface area contributed by atoms with Crippen LogP contribution in [0.3, 0.4) is 0 Å². The molecular weight excluding hydrogens is 498 g/mol. The van der Waals surface area contributed by atoms with E-state index in [1.54, 1.807) is 38.6 Å². The topological polar surface area (TPSA) is 87.7 Å². The van der Waals surface area contributed by atoms with Gasteiger partial charge in [-0.3, -0.25) is 9.59 Å². The fraction of sp³-hybridized carbons (Fsp3) is 0.433. The lowest BCUT2D eigenvalue weighted by Gasteiger charge is -2.35. The first-order valence-electron chi connectivity index (χ1n) is 12.7. The Balaban J connectivity index is 2.57. The molecule has 38 heavy (non-hydrogen) atoms. The SMILES string of the molecule is C=CCN(C(=O)C(CCSC)NC(=O)OC(C)(C)C)C(C(=O)Nc1ccccc1C)c1c(C)cccc1C. The number of ether oxygens (including phenoxy) is 1. The monoisotopic (exact) mass is 539 g/mol. The number of para-hydroxylation sites is 1. The molecule has 2 atom stereocenters. The zero-order valence-electron chi connectivity index (χ0n) is 23.6. The molecule has 3 amide bonds. The number of anilines is 1. The summed E-state index contributed by atoms with van der Waals surface area (Å²) in [7, 11) is 0. The van der Waals surface area contributed by atoms with E-state index in [1.807, 2.05) is 69.5 Å².